The molecule has 1 aliphatic rings. The Balaban J connectivity index is 2.30. The topological polar surface area (TPSA) is 41.6 Å². The predicted molar refractivity (Wildman–Crippen MR) is 58.6 cm³/mol. The number of morpholine rings is 1. The lowest BCUT2D eigenvalue weighted by atomic mass is 10.2. The summed E-state index contributed by atoms with van der Waals surface area (Å²) in [6, 6.07) is 0. The highest BCUT2D eigenvalue weighted by atomic mass is 32.2. The summed E-state index contributed by atoms with van der Waals surface area (Å²) < 4.78 is 5.38. The third-order valence-corrected chi connectivity index (χ3v) is 2.80. The molecule has 1 atom stereocenters. The molecule has 1 fully saturated rings. The molecule has 0 bridgehead atoms. The molecule has 4 nitrogen and oxygen atoms in total. The lowest BCUT2D eigenvalue weighted by molar-refractivity contribution is -0.143. The van der Waals surface area contributed by atoms with Crippen molar-refractivity contribution in [3.63, 3.8) is 0 Å². The van der Waals surface area contributed by atoms with Gasteiger partial charge in [0.15, 0.2) is 0 Å². The number of ether oxygens (including phenoxy) is 1. The van der Waals surface area contributed by atoms with Crippen LogP contribution in [0.3, 0.4) is 0 Å². The van der Waals surface area contributed by atoms with Crippen LogP contribution in [0.4, 0.5) is 0 Å². The molecule has 1 saturated heterocycles. The molecular weight excluding hydrogens is 200 g/mol. The van der Waals surface area contributed by atoms with Crippen molar-refractivity contribution in [1.29, 1.82) is 0 Å². The Kier molecular flexibility index (Phi) is 5.29. The van der Waals surface area contributed by atoms with Gasteiger partial charge in [0.05, 0.1) is 6.61 Å². The van der Waals surface area contributed by atoms with Crippen molar-refractivity contribution >= 4 is 17.7 Å². The Morgan fingerprint density at radius 1 is 1.71 bits per heavy atom. The van der Waals surface area contributed by atoms with Gasteiger partial charge in [-0.3, -0.25) is 4.79 Å². The monoisotopic (exact) mass is 218 g/mol. The van der Waals surface area contributed by atoms with E-state index in [9.17, 15) is 4.79 Å². The Labute approximate surface area is 89.4 Å². The van der Waals surface area contributed by atoms with Crippen LogP contribution < -0.4 is 5.32 Å². The number of thioether (sulfide) groups is 1. The largest absolute Gasteiger partial charge is 0.366 e. The lowest BCUT2D eigenvalue weighted by Crippen LogP contribution is -2.48. The number of hydrogen-bond acceptors (Lipinski definition) is 4. The van der Waals surface area contributed by atoms with E-state index >= 15 is 0 Å². The van der Waals surface area contributed by atoms with Crippen LogP contribution in [0.15, 0.2) is 0 Å². The smallest absolute Gasteiger partial charge is 0.252 e. The first kappa shape index (κ1) is 11.8. The summed E-state index contributed by atoms with van der Waals surface area (Å²) in [5.41, 5.74) is 0. The van der Waals surface area contributed by atoms with E-state index in [0.29, 0.717) is 13.2 Å². The van der Waals surface area contributed by atoms with Crippen LogP contribution >= 0.6 is 11.8 Å². The van der Waals surface area contributed by atoms with Crippen molar-refractivity contribution in [3.8, 4) is 0 Å². The average molecular weight is 218 g/mol. The van der Waals surface area contributed by atoms with E-state index in [0.717, 1.165) is 18.8 Å². The highest BCUT2D eigenvalue weighted by Gasteiger charge is 2.24. The molecule has 5 heteroatoms. The molecule has 0 aliphatic carbocycles. The Morgan fingerprint density at radius 3 is 3.07 bits per heavy atom. The summed E-state index contributed by atoms with van der Waals surface area (Å²) in [6.45, 7) is 2.91. The zero-order chi connectivity index (χ0) is 10.4. The van der Waals surface area contributed by atoms with Gasteiger partial charge >= 0.3 is 0 Å². The zero-order valence-corrected chi connectivity index (χ0v) is 9.60. The molecule has 0 radical (unpaired) electrons. The van der Waals surface area contributed by atoms with Crippen LogP contribution in [-0.4, -0.2) is 62.2 Å². The lowest BCUT2D eigenvalue weighted by Gasteiger charge is -2.27. The van der Waals surface area contributed by atoms with Crippen LogP contribution in [0.5, 0.6) is 0 Å². The van der Waals surface area contributed by atoms with Gasteiger partial charge in [-0.05, 0) is 6.26 Å². The molecule has 1 rings (SSSR count). The van der Waals surface area contributed by atoms with Gasteiger partial charge in [0, 0.05) is 32.4 Å². The number of carbonyl (C=O) groups excluding carboxylic acids is 1. The second kappa shape index (κ2) is 6.27. The van der Waals surface area contributed by atoms with Crippen LogP contribution in [0.2, 0.25) is 0 Å². The minimum absolute atomic E-state index is 0.0891. The molecule has 0 aromatic heterocycles. The molecular formula is C9H18N2O2S. The van der Waals surface area contributed by atoms with Gasteiger partial charge in [0.2, 0.25) is 0 Å². The number of carbonyl (C=O) groups is 1. The van der Waals surface area contributed by atoms with Crippen molar-refractivity contribution in [2.45, 2.75) is 6.10 Å². The van der Waals surface area contributed by atoms with E-state index in [1.807, 2.05) is 13.3 Å². The van der Waals surface area contributed by atoms with Crippen LogP contribution in [-0.2, 0) is 9.53 Å². The van der Waals surface area contributed by atoms with E-state index in [1.54, 1.807) is 16.7 Å². The van der Waals surface area contributed by atoms with Crippen LogP contribution in [0.25, 0.3) is 0 Å². The van der Waals surface area contributed by atoms with Gasteiger partial charge in [0.1, 0.15) is 6.10 Å². The third-order valence-electron chi connectivity index (χ3n) is 2.21. The van der Waals surface area contributed by atoms with Crippen LogP contribution in [0, 0.1) is 0 Å². The van der Waals surface area contributed by atoms with Crippen LogP contribution in [0.1, 0.15) is 0 Å². The van der Waals surface area contributed by atoms with E-state index in [1.165, 1.54) is 0 Å². The second-order valence-corrected chi connectivity index (χ2v) is 4.30. The molecule has 1 heterocycles. The Morgan fingerprint density at radius 2 is 2.50 bits per heavy atom. The molecule has 0 aromatic carbocycles. The zero-order valence-electron chi connectivity index (χ0n) is 8.78. The number of rotatable bonds is 4. The van der Waals surface area contributed by atoms with E-state index in [2.05, 4.69) is 5.32 Å². The number of nitrogens with zero attached hydrogens (tertiary/aromatic N) is 1. The molecule has 1 N–H and O–H groups in total. The van der Waals surface area contributed by atoms with E-state index < -0.39 is 0 Å². The molecule has 0 aromatic rings. The van der Waals surface area contributed by atoms with Gasteiger partial charge in [0.25, 0.3) is 5.91 Å². The summed E-state index contributed by atoms with van der Waals surface area (Å²) in [5, 5.41) is 3.15. The summed E-state index contributed by atoms with van der Waals surface area (Å²) in [7, 11) is 1.83. The predicted octanol–water partition coefficient (Wildman–Crippen LogP) is -0.204. The first-order chi connectivity index (χ1) is 6.75. The minimum atomic E-state index is -0.282. The first-order valence-electron chi connectivity index (χ1n) is 4.82. The Hall–Kier alpha value is -0.260. The summed E-state index contributed by atoms with van der Waals surface area (Å²) in [6.07, 6.45) is 1.76. The molecule has 1 amide bonds. The minimum Gasteiger partial charge on any atom is -0.366 e. The van der Waals surface area contributed by atoms with Crippen molar-refractivity contribution in [3.05, 3.63) is 0 Å². The summed E-state index contributed by atoms with van der Waals surface area (Å²) in [4.78, 5) is 13.5. The average Bonchev–Trinajstić information content (AvgIpc) is 2.26. The van der Waals surface area contributed by atoms with Gasteiger partial charge in [-0.25, -0.2) is 0 Å². The van der Waals surface area contributed by atoms with Crippen molar-refractivity contribution in [2.75, 3.05) is 45.3 Å². The van der Waals surface area contributed by atoms with Gasteiger partial charge in [-0.15, -0.1) is 0 Å². The number of hydrogen-bond donors (Lipinski definition) is 1. The SMILES string of the molecule is CSCCN(C)C(=O)C1CNCCO1. The van der Waals surface area contributed by atoms with Gasteiger partial charge in [-0.1, -0.05) is 0 Å². The van der Waals surface area contributed by atoms with Gasteiger partial charge < -0.3 is 15.0 Å². The molecule has 82 valence electrons. The maximum Gasteiger partial charge on any atom is 0.252 e. The maximum absolute atomic E-state index is 11.8. The molecule has 14 heavy (non-hydrogen) atoms. The fourth-order valence-corrected chi connectivity index (χ4v) is 1.76. The van der Waals surface area contributed by atoms with Crippen molar-refractivity contribution in [2.24, 2.45) is 0 Å². The van der Waals surface area contributed by atoms with Gasteiger partial charge in [-0.2, -0.15) is 11.8 Å². The highest BCUT2D eigenvalue weighted by Crippen LogP contribution is 2.02. The van der Waals surface area contributed by atoms with E-state index in [4.69, 9.17) is 4.74 Å². The molecule has 1 unspecified atom stereocenters. The molecule has 0 saturated carbocycles. The number of likely N-dealkylation sites (N-methyl/N-ethyl adjacent to an activating group) is 1. The number of nitrogens with one attached hydrogen (secondary N) is 1. The fraction of sp³-hybridized carbons (Fsp3) is 0.889. The fourth-order valence-electron chi connectivity index (χ4n) is 1.31. The standard InChI is InChI=1S/C9H18N2O2S/c1-11(4-6-14-2)9(12)8-7-10-3-5-13-8/h8,10H,3-7H2,1-2H3. The molecule has 1 aliphatic heterocycles. The quantitative estimate of drug-likeness (QED) is 0.709. The maximum atomic E-state index is 11.8. The second-order valence-electron chi connectivity index (χ2n) is 3.32. The Bertz CT molecular complexity index is 184. The van der Waals surface area contributed by atoms with Crippen molar-refractivity contribution in [1.82, 2.24) is 10.2 Å². The normalized spacial score (nSPS) is 22.0. The molecule has 0 spiro atoms. The van der Waals surface area contributed by atoms with E-state index in [-0.39, 0.29) is 12.0 Å². The van der Waals surface area contributed by atoms with Crippen molar-refractivity contribution < 1.29 is 9.53 Å². The number of amides is 1. The summed E-state index contributed by atoms with van der Waals surface area (Å²) >= 11 is 1.74. The summed E-state index contributed by atoms with van der Waals surface area (Å²) in [5.74, 6) is 1.06. The third kappa shape index (κ3) is 3.48. The highest BCUT2D eigenvalue weighted by molar-refractivity contribution is 7.98. The first-order valence-corrected chi connectivity index (χ1v) is 6.21.